The number of carbonyl (C=O) groups excluding carboxylic acids is 2. The number of carbonyl (C=O) groups is 2. The normalized spacial score (nSPS) is 16.8. The van der Waals surface area contributed by atoms with Crippen molar-refractivity contribution in [3.05, 3.63) is 71.5 Å². The van der Waals surface area contributed by atoms with Gasteiger partial charge >= 0.3 is 0 Å². The molecule has 9 nitrogen and oxygen atoms in total. The molecular formula is C26H27N3O6. The number of anilines is 1. The van der Waals surface area contributed by atoms with Gasteiger partial charge < -0.3 is 29.2 Å². The second kappa shape index (κ2) is 9.92. The van der Waals surface area contributed by atoms with Crippen LogP contribution in [0.4, 0.5) is 5.69 Å². The molecule has 9 heteroatoms. The van der Waals surface area contributed by atoms with Crippen LogP contribution in [0.25, 0.3) is 0 Å². The fourth-order valence-corrected chi connectivity index (χ4v) is 4.42. The van der Waals surface area contributed by atoms with E-state index in [1.807, 2.05) is 6.07 Å². The number of nitrogens with zero attached hydrogens (tertiary/aromatic N) is 2. The maximum Gasteiger partial charge on any atom is 0.254 e. The SMILES string of the molecule is COc1ccc(OC)c(NC(=O)[C@H]2c3cc(OC)c(OC)cc3C(=O)N(C)[C@H]2c2cccnc2)c1. The molecule has 182 valence electrons. The minimum atomic E-state index is -0.785. The van der Waals surface area contributed by atoms with E-state index in [2.05, 4.69) is 10.3 Å². The van der Waals surface area contributed by atoms with Crippen molar-refractivity contribution < 1.29 is 28.5 Å². The van der Waals surface area contributed by atoms with Crippen molar-refractivity contribution >= 4 is 17.5 Å². The molecule has 2 heterocycles. The van der Waals surface area contributed by atoms with Crippen LogP contribution in [-0.4, -0.2) is 57.2 Å². The van der Waals surface area contributed by atoms with E-state index in [0.717, 1.165) is 5.56 Å². The van der Waals surface area contributed by atoms with Crippen LogP contribution in [0.2, 0.25) is 0 Å². The molecule has 2 atom stereocenters. The van der Waals surface area contributed by atoms with Crippen molar-refractivity contribution in [2.45, 2.75) is 12.0 Å². The Bertz CT molecular complexity index is 1250. The van der Waals surface area contributed by atoms with Gasteiger partial charge in [0.05, 0.1) is 46.1 Å². The number of nitrogens with one attached hydrogen (secondary N) is 1. The average molecular weight is 478 g/mol. The van der Waals surface area contributed by atoms with Crippen LogP contribution in [0.5, 0.6) is 23.0 Å². The molecule has 0 saturated heterocycles. The molecule has 0 saturated carbocycles. The Morgan fingerprint density at radius 1 is 0.943 bits per heavy atom. The molecule has 0 unspecified atom stereocenters. The van der Waals surface area contributed by atoms with Crippen LogP contribution in [0, 0.1) is 0 Å². The summed E-state index contributed by atoms with van der Waals surface area (Å²) < 4.78 is 21.7. The van der Waals surface area contributed by atoms with E-state index >= 15 is 0 Å². The predicted molar refractivity (Wildman–Crippen MR) is 130 cm³/mol. The van der Waals surface area contributed by atoms with Crippen molar-refractivity contribution in [3.8, 4) is 23.0 Å². The summed E-state index contributed by atoms with van der Waals surface area (Å²) in [5.41, 5.74) is 2.06. The summed E-state index contributed by atoms with van der Waals surface area (Å²) in [6.45, 7) is 0. The zero-order valence-electron chi connectivity index (χ0n) is 20.2. The van der Waals surface area contributed by atoms with Crippen molar-refractivity contribution in [2.24, 2.45) is 0 Å². The van der Waals surface area contributed by atoms with E-state index < -0.39 is 12.0 Å². The first-order chi connectivity index (χ1) is 16.9. The highest BCUT2D eigenvalue weighted by atomic mass is 16.5. The summed E-state index contributed by atoms with van der Waals surface area (Å²) in [6.07, 6.45) is 3.30. The Labute approximate surface area is 203 Å². The van der Waals surface area contributed by atoms with Crippen LogP contribution >= 0.6 is 0 Å². The fourth-order valence-electron chi connectivity index (χ4n) is 4.42. The Kier molecular flexibility index (Phi) is 6.77. The number of hydrogen-bond donors (Lipinski definition) is 1. The molecule has 2 aromatic carbocycles. The molecule has 1 aliphatic rings. The molecule has 0 radical (unpaired) electrons. The summed E-state index contributed by atoms with van der Waals surface area (Å²) in [5, 5.41) is 2.97. The minimum absolute atomic E-state index is 0.238. The molecule has 1 N–H and O–H groups in total. The topological polar surface area (TPSA) is 99.2 Å². The number of aromatic nitrogens is 1. The number of ether oxygens (including phenoxy) is 4. The third-order valence-electron chi connectivity index (χ3n) is 6.15. The Balaban J connectivity index is 1.88. The maximum absolute atomic E-state index is 14.0. The summed E-state index contributed by atoms with van der Waals surface area (Å²) in [5.74, 6) is 0.507. The van der Waals surface area contributed by atoms with Crippen molar-refractivity contribution in [1.29, 1.82) is 0 Å². The highest BCUT2D eigenvalue weighted by molar-refractivity contribution is 6.05. The van der Waals surface area contributed by atoms with E-state index in [4.69, 9.17) is 18.9 Å². The number of fused-ring (bicyclic) bond motifs is 1. The van der Waals surface area contributed by atoms with Gasteiger partial charge in [0.15, 0.2) is 11.5 Å². The van der Waals surface area contributed by atoms with Gasteiger partial charge in [0.25, 0.3) is 5.91 Å². The number of likely N-dealkylation sites (N-methyl/N-ethyl adjacent to an activating group) is 1. The van der Waals surface area contributed by atoms with Gasteiger partial charge in [0.2, 0.25) is 5.91 Å². The lowest BCUT2D eigenvalue weighted by Crippen LogP contribution is -2.44. The summed E-state index contributed by atoms with van der Waals surface area (Å²) in [4.78, 5) is 33.1. The quantitative estimate of drug-likeness (QED) is 0.554. The summed E-state index contributed by atoms with van der Waals surface area (Å²) in [6, 6.07) is 11.4. The van der Waals surface area contributed by atoms with Crippen LogP contribution in [0.15, 0.2) is 54.9 Å². The second-order valence-electron chi connectivity index (χ2n) is 7.97. The monoisotopic (exact) mass is 477 g/mol. The smallest absolute Gasteiger partial charge is 0.254 e. The summed E-state index contributed by atoms with van der Waals surface area (Å²) in [7, 11) is 7.75. The van der Waals surface area contributed by atoms with Gasteiger partial charge in [0.1, 0.15) is 11.5 Å². The highest BCUT2D eigenvalue weighted by Crippen LogP contribution is 2.46. The van der Waals surface area contributed by atoms with Gasteiger partial charge in [-0.1, -0.05) is 6.07 Å². The van der Waals surface area contributed by atoms with Gasteiger partial charge in [-0.05, 0) is 41.5 Å². The summed E-state index contributed by atoms with van der Waals surface area (Å²) >= 11 is 0. The zero-order chi connectivity index (χ0) is 25.1. The molecule has 0 fully saturated rings. The van der Waals surface area contributed by atoms with Gasteiger partial charge in [-0.2, -0.15) is 0 Å². The van der Waals surface area contributed by atoms with Crippen molar-refractivity contribution in [1.82, 2.24) is 9.88 Å². The van der Waals surface area contributed by atoms with Crippen LogP contribution in [0.1, 0.15) is 33.4 Å². The molecule has 0 spiro atoms. The lowest BCUT2D eigenvalue weighted by molar-refractivity contribution is -0.119. The molecule has 0 aliphatic carbocycles. The molecule has 2 amide bonds. The first kappa shape index (κ1) is 23.9. The number of hydrogen-bond acceptors (Lipinski definition) is 7. The number of amides is 2. The molecule has 4 rings (SSSR count). The third kappa shape index (κ3) is 4.32. The molecule has 1 aliphatic heterocycles. The predicted octanol–water partition coefficient (Wildman–Crippen LogP) is 3.67. The third-order valence-corrected chi connectivity index (χ3v) is 6.15. The number of pyridine rings is 1. The molecule has 1 aromatic heterocycles. The second-order valence-corrected chi connectivity index (χ2v) is 7.97. The van der Waals surface area contributed by atoms with Gasteiger partial charge in [0, 0.05) is 31.1 Å². The highest BCUT2D eigenvalue weighted by Gasteiger charge is 2.44. The number of methoxy groups -OCH3 is 4. The van der Waals surface area contributed by atoms with Crippen LogP contribution in [0.3, 0.4) is 0 Å². The lowest BCUT2D eigenvalue weighted by atomic mass is 9.79. The Morgan fingerprint density at radius 3 is 2.29 bits per heavy atom. The van der Waals surface area contributed by atoms with Gasteiger partial charge in [-0.3, -0.25) is 14.6 Å². The minimum Gasteiger partial charge on any atom is -0.497 e. The van der Waals surface area contributed by atoms with Crippen LogP contribution < -0.4 is 24.3 Å². The van der Waals surface area contributed by atoms with E-state index in [9.17, 15) is 9.59 Å². The van der Waals surface area contributed by atoms with Crippen LogP contribution in [-0.2, 0) is 4.79 Å². The lowest BCUT2D eigenvalue weighted by Gasteiger charge is -2.40. The van der Waals surface area contributed by atoms with E-state index in [0.29, 0.717) is 39.8 Å². The van der Waals surface area contributed by atoms with E-state index in [-0.39, 0.29) is 11.8 Å². The Morgan fingerprint density at radius 2 is 1.66 bits per heavy atom. The standard InChI is InChI=1S/C26H27N3O6/c1-29-24(15-7-6-10-27-14-15)23(17-12-21(34-4)22(35-5)13-18(17)26(29)31)25(30)28-19-11-16(32-2)8-9-20(19)33-3/h6-14,23-24H,1-5H3,(H,28,30)/t23-,24-/m0/s1. The first-order valence-electron chi connectivity index (χ1n) is 10.9. The van der Waals surface area contributed by atoms with Gasteiger partial charge in [-0.25, -0.2) is 0 Å². The van der Waals surface area contributed by atoms with E-state index in [1.54, 1.807) is 67.8 Å². The van der Waals surface area contributed by atoms with E-state index in [1.165, 1.54) is 21.3 Å². The molecule has 0 bridgehead atoms. The fraction of sp³-hybridized carbons (Fsp3) is 0.269. The van der Waals surface area contributed by atoms with Gasteiger partial charge in [-0.15, -0.1) is 0 Å². The first-order valence-corrected chi connectivity index (χ1v) is 10.9. The average Bonchev–Trinajstić information content (AvgIpc) is 2.90. The maximum atomic E-state index is 14.0. The molecule has 3 aromatic rings. The largest absolute Gasteiger partial charge is 0.497 e. The number of benzene rings is 2. The molecular weight excluding hydrogens is 450 g/mol. The number of rotatable bonds is 7. The zero-order valence-corrected chi connectivity index (χ0v) is 20.2. The van der Waals surface area contributed by atoms with Crippen molar-refractivity contribution in [2.75, 3.05) is 40.8 Å². The molecule has 35 heavy (non-hydrogen) atoms. The Hall–Kier alpha value is -4.27. The van der Waals surface area contributed by atoms with Crippen molar-refractivity contribution in [3.63, 3.8) is 0 Å².